The van der Waals surface area contributed by atoms with E-state index in [0.717, 1.165) is 27.1 Å². The van der Waals surface area contributed by atoms with Crippen molar-refractivity contribution in [2.45, 2.75) is 51.4 Å². The number of rotatable bonds is 4. The van der Waals surface area contributed by atoms with E-state index in [1.165, 1.54) is 6.07 Å². The van der Waals surface area contributed by atoms with Gasteiger partial charge in [-0.1, -0.05) is 55.8 Å². The molecule has 0 radical (unpaired) electrons. The van der Waals surface area contributed by atoms with E-state index in [9.17, 15) is 18.0 Å². The van der Waals surface area contributed by atoms with E-state index < -0.39 is 24.2 Å². The Labute approximate surface area is 212 Å². The Bertz CT molecular complexity index is 1240. The van der Waals surface area contributed by atoms with Gasteiger partial charge < -0.3 is 10.6 Å². The fourth-order valence-electron chi connectivity index (χ4n) is 3.99. The number of aryl methyl sites for hydroxylation is 1. The molecule has 0 aliphatic carbocycles. The molecule has 4 rings (SSSR count). The lowest BCUT2D eigenvalue weighted by molar-refractivity contribution is -0.173. The minimum Gasteiger partial charge on any atom is -0.363 e. The lowest BCUT2D eigenvalue weighted by Gasteiger charge is -2.33. The number of aromatic nitrogens is 2. The predicted octanol–water partition coefficient (Wildman–Crippen LogP) is 5.61. The minimum absolute atomic E-state index is 0.118. The Balaban J connectivity index is 1.47. The third kappa shape index (κ3) is 5.78. The zero-order chi connectivity index (χ0) is 26.0. The molecule has 190 valence electrons. The number of hydrogen-bond acceptors (Lipinski definition) is 4. The summed E-state index contributed by atoms with van der Waals surface area (Å²) in [5.41, 5.74) is 8.39. The van der Waals surface area contributed by atoms with Crippen LogP contribution in [0.4, 0.5) is 24.7 Å². The Morgan fingerprint density at radius 3 is 2.39 bits per heavy atom. The number of fused-ring (bicyclic) bond motifs is 1. The number of hydrogen-bond donors (Lipinski definition) is 4. The molecule has 2 unspecified atom stereocenters. The molecule has 7 nitrogen and oxygen atoms in total. The number of benzene rings is 2. The van der Waals surface area contributed by atoms with Crippen molar-refractivity contribution in [2.75, 3.05) is 10.6 Å². The summed E-state index contributed by atoms with van der Waals surface area (Å²) in [6.45, 7) is 6.06. The lowest BCUT2D eigenvalue weighted by Crippen LogP contribution is -2.44. The maximum atomic E-state index is 13.9. The summed E-state index contributed by atoms with van der Waals surface area (Å²) >= 11 is 5.16. The Morgan fingerprint density at radius 1 is 1.11 bits per heavy atom. The summed E-state index contributed by atoms with van der Waals surface area (Å²) in [7, 11) is 0. The number of alkyl halides is 3. The maximum absolute atomic E-state index is 13.9. The van der Waals surface area contributed by atoms with Crippen molar-refractivity contribution in [1.82, 2.24) is 20.6 Å². The first-order valence-electron chi connectivity index (χ1n) is 11.5. The molecule has 1 aliphatic heterocycles. The topological polar surface area (TPSA) is 83.0 Å². The van der Waals surface area contributed by atoms with E-state index in [-0.39, 0.29) is 23.0 Å². The van der Waals surface area contributed by atoms with Crippen LogP contribution in [0.25, 0.3) is 0 Å². The monoisotopic (exact) mass is 516 g/mol. The molecule has 1 aliphatic rings. The average Bonchev–Trinajstić information content (AvgIpc) is 3.27. The van der Waals surface area contributed by atoms with Gasteiger partial charge in [0, 0.05) is 18.2 Å². The molecule has 4 N–H and O–H groups in total. The van der Waals surface area contributed by atoms with Crippen LogP contribution in [0.3, 0.4) is 0 Å². The molecule has 0 bridgehead atoms. The van der Waals surface area contributed by atoms with Crippen LogP contribution in [0.15, 0.2) is 54.6 Å². The highest BCUT2D eigenvalue weighted by Gasteiger charge is 2.46. The highest BCUT2D eigenvalue weighted by Crippen LogP contribution is 2.43. The van der Waals surface area contributed by atoms with Crippen molar-refractivity contribution in [2.24, 2.45) is 0 Å². The first-order valence-corrected chi connectivity index (χ1v) is 11.9. The van der Waals surface area contributed by atoms with E-state index in [1.807, 2.05) is 55.5 Å². The highest BCUT2D eigenvalue weighted by molar-refractivity contribution is 7.80. The van der Waals surface area contributed by atoms with Crippen LogP contribution in [0, 0.1) is 6.92 Å². The first kappa shape index (κ1) is 25.5. The molecule has 2 aromatic carbocycles. The van der Waals surface area contributed by atoms with Crippen LogP contribution in [0.2, 0.25) is 0 Å². The molecular formula is C25H27F3N6OS. The summed E-state index contributed by atoms with van der Waals surface area (Å²) in [6.07, 6.45) is -4.78. The molecular weight excluding hydrogens is 489 g/mol. The molecule has 0 spiro atoms. The van der Waals surface area contributed by atoms with Crippen molar-refractivity contribution in [3.63, 3.8) is 0 Å². The van der Waals surface area contributed by atoms with Gasteiger partial charge in [-0.15, -0.1) is 0 Å². The number of nitrogens with one attached hydrogen (secondary N) is 4. The number of carbonyl (C=O) groups excluding carboxylic acids is 1. The Morgan fingerprint density at radius 2 is 1.78 bits per heavy atom. The van der Waals surface area contributed by atoms with Crippen molar-refractivity contribution < 1.29 is 18.0 Å². The van der Waals surface area contributed by atoms with Gasteiger partial charge in [-0.2, -0.15) is 18.3 Å². The van der Waals surface area contributed by atoms with E-state index in [4.69, 9.17) is 12.2 Å². The SMILES string of the molecule is Cc1ccc(NC(=S)NNC(=O)c2cc3n(n2)C(C(F)(F)F)CC(c2ccc(C(C)C)cc2)N3)cc1. The van der Waals surface area contributed by atoms with E-state index in [0.29, 0.717) is 5.92 Å². The van der Waals surface area contributed by atoms with E-state index in [2.05, 4.69) is 40.4 Å². The van der Waals surface area contributed by atoms with E-state index in [1.54, 1.807) is 0 Å². The molecule has 1 amide bonds. The molecule has 2 atom stereocenters. The second-order valence-corrected chi connectivity index (χ2v) is 9.48. The summed E-state index contributed by atoms with van der Waals surface area (Å²) < 4.78 is 42.7. The third-order valence-electron chi connectivity index (χ3n) is 6.03. The predicted molar refractivity (Wildman–Crippen MR) is 137 cm³/mol. The van der Waals surface area contributed by atoms with Gasteiger partial charge in [0.1, 0.15) is 5.82 Å². The average molecular weight is 517 g/mol. The lowest BCUT2D eigenvalue weighted by atomic mass is 9.94. The summed E-state index contributed by atoms with van der Waals surface area (Å²) in [4.78, 5) is 12.6. The second kappa shape index (κ2) is 10.2. The summed E-state index contributed by atoms with van der Waals surface area (Å²) in [5, 5.41) is 10.1. The van der Waals surface area contributed by atoms with Crippen LogP contribution in [0.5, 0.6) is 0 Å². The minimum atomic E-state index is -4.54. The molecule has 11 heteroatoms. The smallest absolute Gasteiger partial charge is 0.363 e. The number of carbonyl (C=O) groups is 1. The number of anilines is 2. The van der Waals surface area contributed by atoms with Crippen LogP contribution in [-0.2, 0) is 0 Å². The van der Waals surface area contributed by atoms with Crippen LogP contribution in [-0.4, -0.2) is 27.0 Å². The van der Waals surface area contributed by atoms with Crippen LogP contribution in [0.1, 0.15) is 65.4 Å². The van der Waals surface area contributed by atoms with Crippen molar-refractivity contribution in [3.8, 4) is 0 Å². The number of thiocarbonyl (C=S) groups is 1. The first-order chi connectivity index (χ1) is 17.0. The molecule has 0 fully saturated rings. The Kier molecular flexibility index (Phi) is 7.21. The zero-order valence-corrected chi connectivity index (χ0v) is 20.8. The van der Waals surface area contributed by atoms with Gasteiger partial charge in [-0.05, 0) is 48.3 Å². The Hall–Kier alpha value is -3.60. The zero-order valence-electron chi connectivity index (χ0n) is 20.0. The maximum Gasteiger partial charge on any atom is 0.410 e. The number of amides is 1. The molecule has 1 aromatic heterocycles. The summed E-state index contributed by atoms with van der Waals surface area (Å²) in [5.74, 6) is -0.282. The van der Waals surface area contributed by atoms with Gasteiger partial charge in [-0.25, -0.2) is 4.68 Å². The molecule has 0 saturated heterocycles. The number of halogens is 3. The van der Waals surface area contributed by atoms with Gasteiger partial charge >= 0.3 is 6.18 Å². The summed E-state index contributed by atoms with van der Waals surface area (Å²) in [6, 6.07) is 13.8. The largest absolute Gasteiger partial charge is 0.410 e. The van der Waals surface area contributed by atoms with Crippen LogP contribution < -0.4 is 21.5 Å². The van der Waals surface area contributed by atoms with Crippen molar-refractivity contribution in [3.05, 3.63) is 77.0 Å². The molecule has 36 heavy (non-hydrogen) atoms. The fraction of sp³-hybridized carbons (Fsp3) is 0.320. The fourth-order valence-corrected chi connectivity index (χ4v) is 4.16. The normalized spacial score (nSPS) is 17.2. The third-order valence-corrected chi connectivity index (χ3v) is 6.23. The second-order valence-electron chi connectivity index (χ2n) is 9.07. The molecule has 3 aromatic rings. The van der Waals surface area contributed by atoms with Gasteiger partial charge in [0.2, 0.25) is 0 Å². The van der Waals surface area contributed by atoms with Crippen molar-refractivity contribution >= 4 is 34.7 Å². The standard InChI is InChI=1S/C25H27F3N6OS/c1-14(2)16-6-8-17(9-7-16)19-12-21(25(26,27)28)34-22(30-19)13-20(33-34)23(35)31-32-24(36)29-18-10-4-15(3)5-11-18/h4-11,13-14,19,21,30H,12H2,1-3H3,(H,31,35)(H2,29,32,36). The molecule has 2 heterocycles. The number of nitrogens with zero attached hydrogens (tertiary/aromatic N) is 2. The van der Waals surface area contributed by atoms with Gasteiger partial charge in [0.25, 0.3) is 5.91 Å². The van der Waals surface area contributed by atoms with Gasteiger partial charge in [0.15, 0.2) is 16.8 Å². The van der Waals surface area contributed by atoms with Crippen molar-refractivity contribution in [1.29, 1.82) is 0 Å². The van der Waals surface area contributed by atoms with Gasteiger partial charge in [0.05, 0.1) is 6.04 Å². The quantitative estimate of drug-likeness (QED) is 0.267. The van der Waals surface area contributed by atoms with Crippen LogP contribution >= 0.6 is 12.2 Å². The molecule has 0 saturated carbocycles. The van der Waals surface area contributed by atoms with E-state index >= 15 is 0 Å². The van der Waals surface area contributed by atoms with Gasteiger partial charge in [-0.3, -0.25) is 15.6 Å². The highest BCUT2D eigenvalue weighted by atomic mass is 32.1. The number of hydrazine groups is 1.